The summed E-state index contributed by atoms with van der Waals surface area (Å²) >= 11 is 0. The van der Waals surface area contributed by atoms with Gasteiger partial charge in [-0.15, -0.1) is 0 Å². The SMILES string of the molecule is Cc1ccccc1.N#Cc1cc(-n2c3ccccc3c3cc(-c4ccc5c(c4)c4ccccc4n5-c4ccccc4)ccc32)c(C#N)cc1-n1c2ccccc2c2cc(-c3ccc4c(c3)c3ccccc3n4-c3ccccc3)ccc21. The minimum Gasteiger partial charge on any atom is -0.309 e. The lowest BCUT2D eigenvalue weighted by Crippen LogP contribution is -2.04. The molecular formula is C75H48N6. The van der Waals surface area contributed by atoms with Crippen molar-refractivity contribution in [3.05, 3.63) is 290 Å². The van der Waals surface area contributed by atoms with E-state index >= 15 is 0 Å². The average Bonchev–Trinajstić information content (AvgIpc) is 4.46. The number of hydrogen-bond acceptors (Lipinski definition) is 2. The van der Waals surface area contributed by atoms with Gasteiger partial charge < -0.3 is 18.3 Å². The summed E-state index contributed by atoms with van der Waals surface area (Å²) in [6.45, 7) is 2.08. The van der Waals surface area contributed by atoms with Gasteiger partial charge in [-0.3, -0.25) is 0 Å². The van der Waals surface area contributed by atoms with Crippen molar-refractivity contribution >= 4 is 87.2 Å². The molecule has 0 aliphatic heterocycles. The number of aryl methyl sites for hydroxylation is 1. The number of nitrogens with zero attached hydrogens (tertiary/aromatic N) is 6. The Bertz CT molecular complexity index is 4940. The molecule has 16 rings (SSSR count). The van der Waals surface area contributed by atoms with Crippen molar-refractivity contribution in [2.24, 2.45) is 0 Å². The highest BCUT2D eigenvalue weighted by atomic mass is 15.0. The smallest absolute Gasteiger partial charge is 0.101 e. The van der Waals surface area contributed by atoms with Gasteiger partial charge in [0.2, 0.25) is 0 Å². The maximum absolute atomic E-state index is 11.1. The normalized spacial score (nSPS) is 11.5. The Morgan fingerprint density at radius 2 is 0.506 bits per heavy atom. The van der Waals surface area contributed by atoms with Crippen molar-refractivity contribution in [1.82, 2.24) is 18.3 Å². The molecule has 0 N–H and O–H groups in total. The van der Waals surface area contributed by atoms with Crippen molar-refractivity contribution in [1.29, 1.82) is 10.5 Å². The second kappa shape index (κ2) is 19.1. The van der Waals surface area contributed by atoms with E-state index in [4.69, 9.17) is 0 Å². The zero-order chi connectivity index (χ0) is 54.1. The molecule has 6 nitrogen and oxygen atoms in total. The van der Waals surface area contributed by atoms with Crippen molar-refractivity contribution in [3.8, 4) is 57.1 Å². The number of benzene rings is 12. The predicted octanol–water partition coefficient (Wildman–Crippen LogP) is 19.1. The minimum absolute atomic E-state index is 0.469. The summed E-state index contributed by atoms with van der Waals surface area (Å²) in [5.41, 5.74) is 18.7. The molecule has 0 unspecified atom stereocenters. The highest BCUT2D eigenvalue weighted by molar-refractivity contribution is 6.15. The highest BCUT2D eigenvalue weighted by Gasteiger charge is 2.23. The third kappa shape index (κ3) is 7.62. The van der Waals surface area contributed by atoms with Gasteiger partial charge in [-0.1, -0.05) is 169 Å². The van der Waals surface area contributed by atoms with Crippen molar-refractivity contribution < 1.29 is 0 Å². The monoisotopic (exact) mass is 1030 g/mol. The molecule has 12 aromatic carbocycles. The van der Waals surface area contributed by atoms with E-state index in [2.05, 4.69) is 268 Å². The second-order valence-electron chi connectivity index (χ2n) is 20.8. The van der Waals surface area contributed by atoms with E-state index in [1.807, 2.05) is 42.5 Å². The lowest BCUT2D eigenvalue weighted by Gasteiger charge is -2.16. The van der Waals surface area contributed by atoms with Crippen LogP contribution in [0.4, 0.5) is 0 Å². The zero-order valence-corrected chi connectivity index (χ0v) is 44.2. The first-order chi connectivity index (χ1) is 40.0. The van der Waals surface area contributed by atoms with Crippen LogP contribution in [0.5, 0.6) is 0 Å². The van der Waals surface area contributed by atoms with E-state index in [0.29, 0.717) is 22.5 Å². The molecule has 378 valence electrons. The van der Waals surface area contributed by atoms with Crippen LogP contribution in [0, 0.1) is 29.6 Å². The first-order valence-electron chi connectivity index (χ1n) is 27.3. The Labute approximate surface area is 467 Å². The van der Waals surface area contributed by atoms with Crippen LogP contribution in [-0.4, -0.2) is 18.3 Å². The van der Waals surface area contributed by atoms with Gasteiger partial charge in [0, 0.05) is 54.5 Å². The molecule has 0 fully saturated rings. The molecule has 0 amide bonds. The minimum atomic E-state index is 0.469. The summed E-state index contributed by atoms with van der Waals surface area (Å²) in [5, 5.41) is 31.3. The van der Waals surface area contributed by atoms with Gasteiger partial charge in [-0.25, -0.2) is 0 Å². The maximum Gasteiger partial charge on any atom is 0.101 e. The van der Waals surface area contributed by atoms with Crippen LogP contribution >= 0.6 is 0 Å². The van der Waals surface area contributed by atoms with Crippen LogP contribution in [0.15, 0.2) is 273 Å². The molecule has 6 heteroatoms. The Hall–Kier alpha value is -11.2. The summed E-state index contributed by atoms with van der Waals surface area (Å²) in [6.07, 6.45) is 0. The Morgan fingerprint density at radius 1 is 0.247 bits per heavy atom. The number of aromatic nitrogens is 4. The van der Waals surface area contributed by atoms with Crippen LogP contribution in [0.3, 0.4) is 0 Å². The maximum atomic E-state index is 11.1. The molecule has 0 saturated heterocycles. The largest absolute Gasteiger partial charge is 0.309 e. The molecule has 0 spiro atoms. The van der Waals surface area contributed by atoms with Crippen LogP contribution in [0.25, 0.3) is 132 Å². The van der Waals surface area contributed by atoms with E-state index in [1.165, 1.54) is 38.1 Å². The standard InChI is InChI=1S/C68H40N6.C7H8/c69-41-47-40-68(74-62-26-14-10-22-54(62)58-38-46(30-34-66(58)74)44-28-32-64-56(36-44)52-20-8-12-24-60(52)72(64)50-17-5-2-6-18-50)48(42-70)39-67(47)73-61-25-13-9-21-53(61)57-37-45(29-33-65(57)73)43-27-31-63-55(35-43)51-19-7-11-23-59(51)71(63)49-15-3-1-4-16-49;1-7-5-3-2-4-6-7/h1-40H;2-6H,1H3. The van der Waals surface area contributed by atoms with Gasteiger partial charge in [-0.2, -0.15) is 10.5 Å². The molecule has 4 heterocycles. The van der Waals surface area contributed by atoms with Crippen LogP contribution in [0.1, 0.15) is 16.7 Å². The lowest BCUT2D eigenvalue weighted by molar-refractivity contribution is 1.12. The van der Waals surface area contributed by atoms with Gasteiger partial charge in [-0.05, 0) is 138 Å². The number of nitriles is 2. The molecule has 0 aliphatic rings. The molecule has 81 heavy (non-hydrogen) atoms. The Kier molecular flexibility index (Phi) is 11.1. The molecule has 16 aromatic rings. The predicted molar refractivity (Wildman–Crippen MR) is 335 cm³/mol. The van der Waals surface area contributed by atoms with Crippen molar-refractivity contribution in [3.63, 3.8) is 0 Å². The molecule has 0 aliphatic carbocycles. The van der Waals surface area contributed by atoms with E-state index in [0.717, 1.165) is 88.3 Å². The fraction of sp³-hybridized carbons (Fsp3) is 0.0133. The van der Waals surface area contributed by atoms with E-state index in [9.17, 15) is 10.5 Å². The number of hydrogen-bond donors (Lipinski definition) is 0. The Balaban J connectivity index is 0.000000752. The van der Waals surface area contributed by atoms with Gasteiger partial charge >= 0.3 is 0 Å². The number of fused-ring (bicyclic) bond motifs is 12. The van der Waals surface area contributed by atoms with Crippen molar-refractivity contribution in [2.45, 2.75) is 6.92 Å². The second-order valence-corrected chi connectivity index (χ2v) is 20.8. The van der Waals surface area contributed by atoms with Crippen molar-refractivity contribution in [2.75, 3.05) is 0 Å². The molecule has 4 aromatic heterocycles. The first kappa shape index (κ1) is 47.1. The molecule has 0 atom stereocenters. The average molecular weight is 1030 g/mol. The third-order valence-electron chi connectivity index (χ3n) is 16.2. The summed E-state index contributed by atoms with van der Waals surface area (Å²) in [5.74, 6) is 0. The fourth-order valence-corrected chi connectivity index (χ4v) is 12.5. The molecule has 0 bridgehead atoms. The molecule has 0 radical (unpaired) electrons. The van der Waals surface area contributed by atoms with Crippen LogP contribution in [-0.2, 0) is 0 Å². The Morgan fingerprint density at radius 3 is 0.802 bits per heavy atom. The first-order valence-corrected chi connectivity index (χ1v) is 27.3. The summed E-state index contributed by atoms with van der Waals surface area (Å²) in [6, 6.07) is 101. The summed E-state index contributed by atoms with van der Waals surface area (Å²) in [4.78, 5) is 0. The molecule has 0 saturated carbocycles. The number of para-hydroxylation sites is 6. The lowest BCUT2D eigenvalue weighted by atomic mass is 10.0. The van der Waals surface area contributed by atoms with E-state index in [1.54, 1.807) is 0 Å². The zero-order valence-electron chi connectivity index (χ0n) is 44.2. The summed E-state index contributed by atoms with van der Waals surface area (Å²) < 4.78 is 8.98. The van der Waals surface area contributed by atoms with Gasteiger partial charge in [0.05, 0.1) is 66.6 Å². The molecular weight excluding hydrogens is 985 g/mol. The van der Waals surface area contributed by atoms with E-state index < -0.39 is 0 Å². The van der Waals surface area contributed by atoms with Crippen LogP contribution in [0.2, 0.25) is 0 Å². The van der Waals surface area contributed by atoms with E-state index in [-0.39, 0.29) is 0 Å². The van der Waals surface area contributed by atoms with Gasteiger partial charge in [0.15, 0.2) is 0 Å². The topological polar surface area (TPSA) is 67.3 Å². The van der Waals surface area contributed by atoms with Crippen LogP contribution < -0.4 is 0 Å². The fourth-order valence-electron chi connectivity index (χ4n) is 12.5. The third-order valence-corrected chi connectivity index (χ3v) is 16.2. The highest BCUT2D eigenvalue weighted by Crippen LogP contribution is 2.42. The van der Waals surface area contributed by atoms with Gasteiger partial charge in [0.25, 0.3) is 0 Å². The quantitative estimate of drug-likeness (QED) is 0.167. The summed E-state index contributed by atoms with van der Waals surface area (Å²) in [7, 11) is 0. The number of rotatable bonds is 6. The van der Waals surface area contributed by atoms with Gasteiger partial charge in [0.1, 0.15) is 12.1 Å².